The molecule has 3 aromatic rings. The van der Waals surface area contributed by atoms with Crippen molar-refractivity contribution in [2.45, 2.75) is 13.5 Å². The summed E-state index contributed by atoms with van der Waals surface area (Å²) in [6.45, 7) is 2.32. The molecule has 0 aliphatic carbocycles. The molecule has 3 rings (SSSR count). The SMILES string of the molecule is CCn1cc(C(=O)Nc2ccc([N+](=O)[O-])cc2)c(=O)c2cc(F)ccc21. The zero-order valence-corrected chi connectivity index (χ0v) is 13.7. The number of amides is 1. The van der Waals surface area contributed by atoms with E-state index in [1.807, 2.05) is 6.92 Å². The van der Waals surface area contributed by atoms with E-state index in [1.165, 1.54) is 42.6 Å². The van der Waals surface area contributed by atoms with E-state index < -0.39 is 22.1 Å². The third kappa shape index (κ3) is 3.16. The molecule has 0 saturated heterocycles. The van der Waals surface area contributed by atoms with Crippen molar-refractivity contribution in [1.29, 1.82) is 0 Å². The number of hydrogen-bond acceptors (Lipinski definition) is 4. The normalized spacial score (nSPS) is 10.7. The maximum Gasteiger partial charge on any atom is 0.269 e. The molecular weight excluding hydrogens is 341 g/mol. The summed E-state index contributed by atoms with van der Waals surface area (Å²) >= 11 is 0. The van der Waals surface area contributed by atoms with Crippen LogP contribution in [0.3, 0.4) is 0 Å². The molecule has 1 aromatic heterocycles. The van der Waals surface area contributed by atoms with Gasteiger partial charge < -0.3 is 9.88 Å². The second-order valence-electron chi connectivity index (χ2n) is 5.58. The van der Waals surface area contributed by atoms with Crippen molar-refractivity contribution in [2.75, 3.05) is 5.32 Å². The maximum absolute atomic E-state index is 13.5. The van der Waals surface area contributed by atoms with Gasteiger partial charge in [0.25, 0.3) is 11.6 Å². The summed E-state index contributed by atoms with van der Waals surface area (Å²) in [6.07, 6.45) is 1.42. The molecule has 1 amide bonds. The summed E-state index contributed by atoms with van der Waals surface area (Å²) in [5.41, 5.74) is 0.0117. The quantitative estimate of drug-likeness (QED) is 0.574. The van der Waals surface area contributed by atoms with Gasteiger partial charge in [-0.15, -0.1) is 0 Å². The number of hydrogen-bond donors (Lipinski definition) is 1. The van der Waals surface area contributed by atoms with E-state index in [2.05, 4.69) is 5.32 Å². The summed E-state index contributed by atoms with van der Waals surface area (Å²) in [4.78, 5) is 35.2. The number of aryl methyl sites for hydroxylation is 1. The summed E-state index contributed by atoms with van der Waals surface area (Å²) < 4.78 is 15.2. The molecule has 1 N–H and O–H groups in total. The van der Waals surface area contributed by atoms with Gasteiger partial charge in [-0.1, -0.05) is 0 Å². The van der Waals surface area contributed by atoms with Crippen LogP contribution >= 0.6 is 0 Å². The van der Waals surface area contributed by atoms with Crippen molar-refractivity contribution < 1.29 is 14.1 Å². The summed E-state index contributed by atoms with van der Waals surface area (Å²) in [5, 5.41) is 13.3. The molecule has 8 heteroatoms. The highest BCUT2D eigenvalue weighted by atomic mass is 19.1. The number of carbonyl (C=O) groups is 1. The van der Waals surface area contributed by atoms with Crippen LogP contribution in [0.2, 0.25) is 0 Å². The standard InChI is InChI=1S/C18H14FN3O4/c1-2-21-10-15(17(23)14-9-11(19)3-8-16(14)21)18(24)20-12-4-6-13(7-5-12)22(25)26/h3-10H,2H2,1H3,(H,20,24). The van der Waals surface area contributed by atoms with Crippen molar-refractivity contribution in [2.24, 2.45) is 0 Å². The van der Waals surface area contributed by atoms with Gasteiger partial charge in [0.15, 0.2) is 0 Å². The van der Waals surface area contributed by atoms with Crippen molar-refractivity contribution in [3.63, 3.8) is 0 Å². The van der Waals surface area contributed by atoms with E-state index in [0.29, 0.717) is 17.7 Å². The van der Waals surface area contributed by atoms with Crippen LogP contribution in [0.1, 0.15) is 17.3 Å². The fourth-order valence-electron chi connectivity index (χ4n) is 2.66. The van der Waals surface area contributed by atoms with Crippen LogP contribution in [-0.2, 0) is 6.54 Å². The summed E-state index contributed by atoms with van der Waals surface area (Å²) in [5.74, 6) is -1.23. The molecule has 7 nitrogen and oxygen atoms in total. The summed E-state index contributed by atoms with van der Waals surface area (Å²) in [6, 6.07) is 9.08. The molecule has 0 spiro atoms. The van der Waals surface area contributed by atoms with Crippen LogP contribution in [0.5, 0.6) is 0 Å². The van der Waals surface area contributed by atoms with Crippen LogP contribution in [0.15, 0.2) is 53.5 Å². The van der Waals surface area contributed by atoms with Gasteiger partial charge in [0, 0.05) is 35.9 Å². The minimum absolute atomic E-state index is 0.113. The number of anilines is 1. The monoisotopic (exact) mass is 355 g/mol. The van der Waals surface area contributed by atoms with Gasteiger partial charge in [-0.3, -0.25) is 19.7 Å². The first-order valence-electron chi connectivity index (χ1n) is 7.79. The van der Waals surface area contributed by atoms with Gasteiger partial charge in [-0.05, 0) is 37.3 Å². The van der Waals surface area contributed by atoms with E-state index in [9.17, 15) is 24.1 Å². The predicted octanol–water partition coefficient (Wildman–Crippen LogP) is 3.32. The minimum atomic E-state index is -0.669. The molecule has 0 unspecified atom stereocenters. The highest BCUT2D eigenvalue weighted by molar-refractivity contribution is 6.05. The van der Waals surface area contributed by atoms with Gasteiger partial charge in [-0.2, -0.15) is 0 Å². The molecule has 26 heavy (non-hydrogen) atoms. The number of carbonyl (C=O) groups excluding carboxylic acids is 1. The first kappa shape index (κ1) is 17.3. The number of non-ortho nitro benzene ring substituents is 1. The molecule has 0 radical (unpaired) electrons. The number of fused-ring (bicyclic) bond motifs is 1. The van der Waals surface area contributed by atoms with Gasteiger partial charge in [0.1, 0.15) is 11.4 Å². The molecule has 0 saturated carbocycles. The van der Waals surface area contributed by atoms with Gasteiger partial charge in [-0.25, -0.2) is 4.39 Å². The lowest BCUT2D eigenvalue weighted by molar-refractivity contribution is -0.384. The number of benzene rings is 2. The van der Waals surface area contributed by atoms with Gasteiger partial charge in [0.05, 0.1) is 10.4 Å². The number of nitro groups is 1. The Kier molecular flexibility index (Phi) is 4.49. The number of rotatable bonds is 4. The van der Waals surface area contributed by atoms with E-state index in [1.54, 1.807) is 4.57 Å². The van der Waals surface area contributed by atoms with E-state index in [-0.39, 0.29) is 16.6 Å². The second-order valence-corrected chi connectivity index (χ2v) is 5.58. The Morgan fingerprint density at radius 1 is 1.23 bits per heavy atom. The fourth-order valence-corrected chi connectivity index (χ4v) is 2.66. The van der Waals surface area contributed by atoms with Crippen molar-refractivity contribution in [1.82, 2.24) is 4.57 Å². The van der Waals surface area contributed by atoms with E-state index in [0.717, 1.165) is 6.07 Å². The smallest absolute Gasteiger partial charge is 0.269 e. The predicted molar refractivity (Wildman–Crippen MR) is 94.9 cm³/mol. The highest BCUT2D eigenvalue weighted by Crippen LogP contribution is 2.17. The van der Waals surface area contributed by atoms with Crippen LogP contribution in [-0.4, -0.2) is 15.4 Å². The molecule has 1 heterocycles. The lowest BCUT2D eigenvalue weighted by atomic mass is 10.1. The molecule has 0 fully saturated rings. The van der Waals surface area contributed by atoms with E-state index in [4.69, 9.17) is 0 Å². The Labute approximate surface area is 146 Å². The lowest BCUT2D eigenvalue weighted by Gasteiger charge is -2.12. The second kappa shape index (κ2) is 6.75. The number of nitro benzene ring substituents is 1. The zero-order chi connectivity index (χ0) is 18.8. The van der Waals surface area contributed by atoms with Crippen molar-refractivity contribution in [3.8, 4) is 0 Å². The first-order chi connectivity index (χ1) is 12.4. The van der Waals surface area contributed by atoms with Crippen molar-refractivity contribution in [3.05, 3.63) is 80.4 Å². The average Bonchev–Trinajstić information content (AvgIpc) is 2.62. The molecule has 132 valence electrons. The first-order valence-corrected chi connectivity index (χ1v) is 7.79. The van der Waals surface area contributed by atoms with Crippen LogP contribution in [0, 0.1) is 15.9 Å². The zero-order valence-electron chi connectivity index (χ0n) is 13.7. The third-order valence-corrected chi connectivity index (χ3v) is 3.96. The molecule has 2 aromatic carbocycles. The lowest BCUT2D eigenvalue weighted by Crippen LogP contribution is -2.24. The van der Waals surface area contributed by atoms with Crippen LogP contribution in [0.4, 0.5) is 15.8 Å². The number of nitrogens with zero attached hydrogens (tertiary/aromatic N) is 2. The van der Waals surface area contributed by atoms with Gasteiger partial charge in [0.2, 0.25) is 5.43 Å². The maximum atomic E-state index is 13.5. The Morgan fingerprint density at radius 3 is 2.54 bits per heavy atom. The molecule has 0 aliphatic heterocycles. The molecular formula is C18H14FN3O4. The highest BCUT2D eigenvalue weighted by Gasteiger charge is 2.16. The van der Waals surface area contributed by atoms with E-state index >= 15 is 0 Å². The fraction of sp³-hybridized carbons (Fsp3) is 0.111. The van der Waals surface area contributed by atoms with Crippen LogP contribution in [0.25, 0.3) is 10.9 Å². The minimum Gasteiger partial charge on any atom is -0.347 e. The van der Waals surface area contributed by atoms with Gasteiger partial charge >= 0.3 is 0 Å². The third-order valence-electron chi connectivity index (χ3n) is 3.96. The Balaban J connectivity index is 2.01. The molecule has 0 atom stereocenters. The molecule has 0 bridgehead atoms. The largest absolute Gasteiger partial charge is 0.347 e. The number of nitrogens with one attached hydrogen (secondary N) is 1. The number of aromatic nitrogens is 1. The Hall–Kier alpha value is -3.55. The van der Waals surface area contributed by atoms with Crippen LogP contribution < -0.4 is 10.7 Å². The Bertz CT molecular complexity index is 1070. The number of halogens is 1. The topological polar surface area (TPSA) is 94.2 Å². The Morgan fingerprint density at radius 2 is 1.92 bits per heavy atom. The average molecular weight is 355 g/mol. The summed E-state index contributed by atoms with van der Waals surface area (Å²) in [7, 11) is 0. The number of pyridine rings is 1. The van der Waals surface area contributed by atoms with Crippen molar-refractivity contribution >= 4 is 28.2 Å². The molecule has 0 aliphatic rings.